The predicted octanol–water partition coefficient (Wildman–Crippen LogP) is 1.05. The number of benzene rings is 1. The molecule has 2 rings (SSSR count). The van der Waals surface area contributed by atoms with Gasteiger partial charge in [0, 0.05) is 13.1 Å². The number of carbonyl (C=O) groups excluding carboxylic acids is 1. The van der Waals surface area contributed by atoms with Gasteiger partial charge in [-0.05, 0) is 58.6 Å². The zero-order valence-electron chi connectivity index (χ0n) is 18.0. The van der Waals surface area contributed by atoms with E-state index in [0.717, 1.165) is 42.7 Å². The van der Waals surface area contributed by atoms with E-state index < -0.39 is 10.0 Å². The van der Waals surface area contributed by atoms with Crippen LogP contribution in [0.15, 0.2) is 17.0 Å². The summed E-state index contributed by atoms with van der Waals surface area (Å²) >= 11 is 0. The maximum atomic E-state index is 13.3. The fourth-order valence-electron chi connectivity index (χ4n) is 4.19. The summed E-state index contributed by atoms with van der Waals surface area (Å²) in [5.41, 5.74) is 2.60. The fraction of sp³-hybridized carbons (Fsp3) is 0.667. The third-order valence-corrected chi connectivity index (χ3v) is 7.91. The number of amides is 1. The van der Waals surface area contributed by atoms with Crippen molar-refractivity contribution >= 4 is 15.9 Å². The molecule has 1 aromatic rings. The van der Waals surface area contributed by atoms with Crippen LogP contribution >= 0.6 is 0 Å². The molecule has 0 saturated carbocycles. The molecule has 1 heterocycles. The minimum atomic E-state index is -3.60. The van der Waals surface area contributed by atoms with E-state index in [9.17, 15) is 13.2 Å². The standard InChI is InChI=1S/C21H35N3O3S/c1-6-23(7-2)12-10-22-21(25)19-9-8-11-24(15-19)28(26,27)20-17(4)13-16(3)14-18(20)5/h13-14,19H,6-12,15H2,1-5H3,(H,22,25)/p+1/t19-/m1/s1. The van der Waals surface area contributed by atoms with E-state index in [4.69, 9.17) is 0 Å². The molecule has 1 aromatic carbocycles. The normalized spacial score (nSPS) is 18.4. The van der Waals surface area contributed by atoms with Gasteiger partial charge in [0.2, 0.25) is 15.9 Å². The number of nitrogens with one attached hydrogen (secondary N) is 2. The Morgan fingerprint density at radius 2 is 1.79 bits per heavy atom. The second-order valence-electron chi connectivity index (χ2n) is 7.93. The van der Waals surface area contributed by atoms with Gasteiger partial charge in [-0.3, -0.25) is 4.79 Å². The topological polar surface area (TPSA) is 70.9 Å². The molecule has 6 nitrogen and oxygen atoms in total. The number of rotatable bonds is 8. The van der Waals surface area contributed by atoms with E-state index in [0.29, 0.717) is 24.4 Å². The van der Waals surface area contributed by atoms with Crippen molar-refractivity contribution in [3.05, 3.63) is 28.8 Å². The van der Waals surface area contributed by atoms with Gasteiger partial charge in [0.15, 0.2) is 0 Å². The van der Waals surface area contributed by atoms with Gasteiger partial charge in [-0.1, -0.05) is 17.7 Å². The molecule has 7 heteroatoms. The Morgan fingerprint density at radius 1 is 1.18 bits per heavy atom. The van der Waals surface area contributed by atoms with Crippen LogP contribution in [0.1, 0.15) is 43.4 Å². The second-order valence-corrected chi connectivity index (χ2v) is 9.80. The molecule has 1 aliphatic rings. The summed E-state index contributed by atoms with van der Waals surface area (Å²) in [4.78, 5) is 14.4. The molecule has 0 bridgehead atoms. The highest BCUT2D eigenvalue weighted by Crippen LogP contribution is 2.28. The zero-order valence-corrected chi connectivity index (χ0v) is 18.8. The summed E-state index contributed by atoms with van der Waals surface area (Å²) in [7, 11) is -3.60. The smallest absolute Gasteiger partial charge is 0.243 e. The van der Waals surface area contributed by atoms with Crippen molar-refractivity contribution in [1.29, 1.82) is 0 Å². The molecule has 28 heavy (non-hydrogen) atoms. The lowest BCUT2D eigenvalue weighted by Crippen LogP contribution is -3.12. The first-order valence-electron chi connectivity index (χ1n) is 10.4. The predicted molar refractivity (Wildman–Crippen MR) is 112 cm³/mol. The number of quaternary nitrogens is 1. The van der Waals surface area contributed by atoms with Crippen LogP contribution in [0.25, 0.3) is 0 Å². The molecule has 0 aliphatic carbocycles. The van der Waals surface area contributed by atoms with E-state index in [2.05, 4.69) is 19.2 Å². The van der Waals surface area contributed by atoms with Crippen LogP contribution in [0.5, 0.6) is 0 Å². The first kappa shape index (κ1) is 22.8. The third-order valence-electron chi connectivity index (χ3n) is 5.74. The van der Waals surface area contributed by atoms with E-state index in [1.165, 1.54) is 9.21 Å². The van der Waals surface area contributed by atoms with Gasteiger partial charge in [0.05, 0.1) is 37.0 Å². The Kier molecular flexibility index (Phi) is 8.04. The lowest BCUT2D eigenvalue weighted by molar-refractivity contribution is -0.895. The van der Waals surface area contributed by atoms with Crippen molar-refractivity contribution in [3.8, 4) is 0 Å². The van der Waals surface area contributed by atoms with Crippen LogP contribution in [-0.2, 0) is 14.8 Å². The van der Waals surface area contributed by atoms with Gasteiger partial charge < -0.3 is 10.2 Å². The van der Waals surface area contributed by atoms with Crippen molar-refractivity contribution in [2.75, 3.05) is 39.3 Å². The highest BCUT2D eigenvalue weighted by Gasteiger charge is 2.34. The largest absolute Gasteiger partial charge is 0.350 e. The molecule has 0 spiro atoms. The Morgan fingerprint density at radius 3 is 2.36 bits per heavy atom. The number of nitrogens with zero attached hydrogens (tertiary/aromatic N) is 1. The van der Waals surface area contributed by atoms with Crippen molar-refractivity contribution < 1.29 is 18.1 Å². The van der Waals surface area contributed by atoms with Crippen molar-refractivity contribution in [2.24, 2.45) is 5.92 Å². The maximum Gasteiger partial charge on any atom is 0.243 e. The second kappa shape index (κ2) is 9.85. The molecule has 0 aromatic heterocycles. The van der Waals surface area contributed by atoms with Gasteiger partial charge in [-0.2, -0.15) is 4.31 Å². The minimum Gasteiger partial charge on any atom is -0.350 e. The number of aryl methyl sites for hydroxylation is 3. The molecule has 0 radical (unpaired) electrons. The Hall–Kier alpha value is -1.44. The molecule has 1 fully saturated rings. The molecule has 1 atom stereocenters. The summed E-state index contributed by atoms with van der Waals surface area (Å²) < 4.78 is 28.1. The minimum absolute atomic E-state index is 0.0243. The highest BCUT2D eigenvalue weighted by atomic mass is 32.2. The monoisotopic (exact) mass is 410 g/mol. The SMILES string of the molecule is CC[NH+](CC)CCNC(=O)[C@@H]1CCCN(S(=O)(=O)c2c(C)cc(C)cc2C)C1. The summed E-state index contributed by atoms with van der Waals surface area (Å²) in [6, 6.07) is 3.81. The summed E-state index contributed by atoms with van der Waals surface area (Å²) in [5, 5.41) is 3.01. The van der Waals surface area contributed by atoms with E-state index >= 15 is 0 Å². The van der Waals surface area contributed by atoms with Crippen LogP contribution in [-0.4, -0.2) is 57.9 Å². The first-order chi connectivity index (χ1) is 13.2. The fourth-order valence-corrected chi connectivity index (χ4v) is 6.12. The van der Waals surface area contributed by atoms with Gasteiger partial charge in [-0.15, -0.1) is 0 Å². The number of carbonyl (C=O) groups is 1. The molecular formula is C21H36N3O3S+. The number of piperidine rings is 1. The Labute approximate surface area is 170 Å². The summed E-state index contributed by atoms with van der Waals surface area (Å²) in [5.74, 6) is -0.301. The van der Waals surface area contributed by atoms with Crippen LogP contribution in [0, 0.1) is 26.7 Å². The Bertz CT molecular complexity index is 765. The molecule has 1 saturated heterocycles. The Balaban J connectivity index is 2.07. The number of hydrogen-bond acceptors (Lipinski definition) is 3. The number of hydrogen-bond donors (Lipinski definition) is 2. The van der Waals surface area contributed by atoms with Gasteiger partial charge >= 0.3 is 0 Å². The molecule has 1 aliphatic heterocycles. The average molecular weight is 411 g/mol. The van der Waals surface area contributed by atoms with Crippen molar-refractivity contribution in [2.45, 2.75) is 52.4 Å². The average Bonchev–Trinajstić information content (AvgIpc) is 2.64. The molecule has 0 unspecified atom stereocenters. The molecule has 1 amide bonds. The van der Waals surface area contributed by atoms with Crippen LogP contribution in [0.4, 0.5) is 0 Å². The quantitative estimate of drug-likeness (QED) is 0.673. The highest BCUT2D eigenvalue weighted by molar-refractivity contribution is 7.89. The zero-order chi connectivity index (χ0) is 20.9. The lowest BCUT2D eigenvalue weighted by atomic mass is 9.99. The van der Waals surface area contributed by atoms with Gasteiger partial charge in [0.1, 0.15) is 0 Å². The van der Waals surface area contributed by atoms with E-state index in [-0.39, 0.29) is 18.4 Å². The van der Waals surface area contributed by atoms with Crippen LogP contribution < -0.4 is 10.2 Å². The molecular weight excluding hydrogens is 374 g/mol. The van der Waals surface area contributed by atoms with Crippen molar-refractivity contribution in [1.82, 2.24) is 9.62 Å². The first-order valence-corrected chi connectivity index (χ1v) is 11.8. The van der Waals surface area contributed by atoms with E-state index in [1.54, 1.807) is 0 Å². The number of sulfonamides is 1. The molecule has 158 valence electrons. The van der Waals surface area contributed by atoms with Crippen LogP contribution in [0.3, 0.4) is 0 Å². The van der Waals surface area contributed by atoms with Gasteiger partial charge in [-0.25, -0.2) is 8.42 Å². The third kappa shape index (κ3) is 5.33. The number of likely N-dealkylation sites (N-methyl/N-ethyl adjacent to an activating group) is 1. The van der Waals surface area contributed by atoms with Crippen LogP contribution in [0.2, 0.25) is 0 Å². The summed E-state index contributed by atoms with van der Waals surface area (Å²) in [6.45, 7) is 14.3. The lowest BCUT2D eigenvalue weighted by Gasteiger charge is -2.32. The van der Waals surface area contributed by atoms with E-state index in [1.807, 2.05) is 32.9 Å². The summed E-state index contributed by atoms with van der Waals surface area (Å²) in [6.07, 6.45) is 1.45. The van der Waals surface area contributed by atoms with Gasteiger partial charge in [0.25, 0.3) is 0 Å². The maximum absolute atomic E-state index is 13.3. The van der Waals surface area contributed by atoms with Crippen molar-refractivity contribution in [3.63, 3.8) is 0 Å². The molecule has 2 N–H and O–H groups in total.